The van der Waals surface area contributed by atoms with E-state index in [0.29, 0.717) is 18.2 Å². The predicted octanol–water partition coefficient (Wildman–Crippen LogP) is 2.83. The van der Waals surface area contributed by atoms with Crippen molar-refractivity contribution in [3.05, 3.63) is 66.5 Å². The average molecular weight is 447 g/mol. The monoisotopic (exact) mass is 446 g/mol. The first-order valence-electron chi connectivity index (χ1n) is 10.4. The molecule has 9 heteroatoms. The number of carbonyl (C=O) groups is 2. The van der Waals surface area contributed by atoms with Crippen molar-refractivity contribution >= 4 is 38.5 Å². The van der Waals surface area contributed by atoms with Gasteiger partial charge < -0.3 is 16.0 Å². The maximum atomic E-state index is 13.3. The molecule has 1 aliphatic rings. The molecule has 1 fully saturated rings. The largest absolute Gasteiger partial charge is 0.340 e. The van der Waals surface area contributed by atoms with Crippen molar-refractivity contribution in [2.45, 2.75) is 5.92 Å². The molecule has 5 rings (SSSR count). The first-order chi connectivity index (χ1) is 15.6. The van der Waals surface area contributed by atoms with Crippen LogP contribution in [0.2, 0.25) is 0 Å². The molecular formula is C23H22N6O2S. The number of nitrogens with zero attached hydrogens (tertiary/aromatic N) is 3. The number of carbonyl (C=O) groups excluding carboxylic acids is 2. The fourth-order valence-corrected chi connectivity index (χ4v) is 5.11. The molecule has 2 aromatic heterocycles. The number of aromatic nitrogens is 3. The Morgan fingerprint density at radius 2 is 2.00 bits per heavy atom. The first-order valence-corrected chi connectivity index (χ1v) is 11.2. The maximum absolute atomic E-state index is 13.3. The summed E-state index contributed by atoms with van der Waals surface area (Å²) in [6, 6.07) is 15.8. The topological polar surface area (TPSA) is 117 Å². The van der Waals surface area contributed by atoms with Crippen molar-refractivity contribution in [3.63, 3.8) is 0 Å². The van der Waals surface area contributed by atoms with E-state index in [1.165, 1.54) is 11.3 Å². The van der Waals surface area contributed by atoms with Crippen LogP contribution in [0.5, 0.6) is 0 Å². The lowest BCUT2D eigenvalue weighted by Gasteiger charge is -2.17. The molecule has 1 aliphatic heterocycles. The summed E-state index contributed by atoms with van der Waals surface area (Å²) in [5.41, 5.74) is 9.45. The first kappa shape index (κ1) is 20.3. The summed E-state index contributed by atoms with van der Waals surface area (Å²) in [5, 5.41) is 10.3. The van der Waals surface area contributed by atoms with Crippen LogP contribution < -0.4 is 11.1 Å². The smallest absolute Gasteiger partial charge is 0.236 e. The van der Waals surface area contributed by atoms with E-state index in [2.05, 4.69) is 20.5 Å². The highest BCUT2D eigenvalue weighted by Gasteiger charge is 2.40. The summed E-state index contributed by atoms with van der Waals surface area (Å²) in [6.07, 6.45) is 3.60. The van der Waals surface area contributed by atoms with Crippen LogP contribution in [-0.4, -0.2) is 51.5 Å². The number of hydrogen-bond donors (Lipinski definition) is 3. The molecule has 0 aliphatic carbocycles. The third-order valence-corrected chi connectivity index (χ3v) is 6.80. The molecule has 32 heavy (non-hydrogen) atoms. The molecule has 1 saturated heterocycles. The van der Waals surface area contributed by atoms with Gasteiger partial charge in [-0.15, -0.1) is 0 Å². The fourth-order valence-electron chi connectivity index (χ4n) is 4.20. The summed E-state index contributed by atoms with van der Waals surface area (Å²) in [4.78, 5) is 31.7. The Bertz CT molecular complexity index is 1250. The fraction of sp³-hybridized carbons (Fsp3) is 0.217. The summed E-state index contributed by atoms with van der Waals surface area (Å²) >= 11 is 1.43. The Morgan fingerprint density at radius 3 is 2.75 bits per heavy atom. The predicted molar refractivity (Wildman–Crippen MR) is 124 cm³/mol. The Balaban J connectivity index is 1.38. The van der Waals surface area contributed by atoms with E-state index in [4.69, 9.17) is 5.73 Å². The van der Waals surface area contributed by atoms with E-state index in [9.17, 15) is 9.59 Å². The van der Waals surface area contributed by atoms with Gasteiger partial charge in [-0.25, -0.2) is 4.98 Å². The highest BCUT2D eigenvalue weighted by molar-refractivity contribution is 7.22. The van der Waals surface area contributed by atoms with Crippen molar-refractivity contribution in [2.24, 2.45) is 11.7 Å². The molecule has 2 atom stereocenters. The minimum absolute atomic E-state index is 0.0628. The molecule has 0 radical (unpaired) electrons. The molecule has 4 N–H and O–H groups in total. The van der Waals surface area contributed by atoms with Crippen LogP contribution >= 0.6 is 11.3 Å². The van der Waals surface area contributed by atoms with Crippen molar-refractivity contribution in [2.75, 3.05) is 25.0 Å². The number of nitrogens with two attached hydrogens (primary N) is 1. The van der Waals surface area contributed by atoms with Crippen LogP contribution in [0.4, 0.5) is 5.13 Å². The molecule has 2 amide bonds. The van der Waals surface area contributed by atoms with Crippen molar-refractivity contribution in [1.29, 1.82) is 0 Å². The molecule has 0 bridgehead atoms. The third-order valence-electron chi connectivity index (χ3n) is 5.86. The summed E-state index contributed by atoms with van der Waals surface area (Å²) in [7, 11) is 0. The maximum Gasteiger partial charge on any atom is 0.236 e. The van der Waals surface area contributed by atoms with E-state index in [0.717, 1.165) is 26.9 Å². The molecule has 8 nitrogen and oxygen atoms in total. The number of nitrogens with one attached hydrogen (secondary N) is 2. The van der Waals surface area contributed by atoms with Crippen LogP contribution in [0, 0.1) is 5.92 Å². The van der Waals surface area contributed by atoms with E-state index in [-0.39, 0.29) is 30.2 Å². The third kappa shape index (κ3) is 3.88. The van der Waals surface area contributed by atoms with E-state index >= 15 is 0 Å². The van der Waals surface area contributed by atoms with Crippen LogP contribution in [0.15, 0.2) is 60.9 Å². The summed E-state index contributed by atoms with van der Waals surface area (Å²) < 4.78 is 0.977. The van der Waals surface area contributed by atoms with Gasteiger partial charge in [0.05, 0.1) is 28.9 Å². The molecular weight excluding hydrogens is 424 g/mol. The lowest BCUT2D eigenvalue weighted by atomic mass is 9.88. The summed E-state index contributed by atoms with van der Waals surface area (Å²) in [5.74, 6) is -0.747. The lowest BCUT2D eigenvalue weighted by Crippen LogP contribution is -2.35. The molecule has 0 spiro atoms. The van der Waals surface area contributed by atoms with Crippen molar-refractivity contribution in [1.82, 2.24) is 20.1 Å². The molecule has 0 unspecified atom stereocenters. The highest BCUT2D eigenvalue weighted by atomic mass is 32.1. The average Bonchev–Trinajstić information content (AvgIpc) is 3.57. The Labute approximate surface area is 188 Å². The number of fused-ring (bicyclic) bond motifs is 1. The number of H-pyrrole nitrogens is 1. The van der Waals surface area contributed by atoms with Crippen LogP contribution in [0.25, 0.3) is 21.3 Å². The number of anilines is 1. The number of hydrogen-bond acceptors (Lipinski definition) is 6. The zero-order chi connectivity index (χ0) is 22.1. The highest BCUT2D eigenvalue weighted by Crippen LogP contribution is 2.35. The van der Waals surface area contributed by atoms with Gasteiger partial charge in [0, 0.05) is 30.8 Å². The second kappa shape index (κ2) is 8.52. The van der Waals surface area contributed by atoms with Gasteiger partial charge in [-0.2, -0.15) is 5.10 Å². The summed E-state index contributed by atoms with van der Waals surface area (Å²) in [6.45, 7) is 0.760. The van der Waals surface area contributed by atoms with Gasteiger partial charge in [-0.05, 0) is 23.3 Å². The Hall–Kier alpha value is -3.56. The van der Waals surface area contributed by atoms with Gasteiger partial charge in [0.25, 0.3) is 0 Å². The van der Waals surface area contributed by atoms with Crippen molar-refractivity contribution < 1.29 is 9.59 Å². The second-order valence-corrected chi connectivity index (χ2v) is 8.83. The van der Waals surface area contributed by atoms with E-state index in [1.807, 2.05) is 54.7 Å². The van der Waals surface area contributed by atoms with Gasteiger partial charge in [0.2, 0.25) is 11.8 Å². The molecule has 2 aromatic carbocycles. The standard InChI is InChI=1S/C23H22N6O2S/c24-9-21(30)29-12-17(14-4-2-1-3-5-14)18(13-29)22(31)28-23-27-19-7-6-15(8-20(19)32-23)16-10-25-26-11-16/h1-8,10-11,17-18H,9,12-13,24H2,(H,25,26)(H,27,28,31)/t17-,18+/m1/s1. The van der Waals surface area contributed by atoms with Gasteiger partial charge in [-0.3, -0.25) is 14.7 Å². The Kier molecular flexibility index (Phi) is 5.42. The van der Waals surface area contributed by atoms with Gasteiger partial charge >= 0.3 is 0 Å². The number of thiazole rings is 1. The molecule has 0 saturated carbocycles. The van der Waals surface area contributed by atoms with Gasteiger partial charge in [0.1, 0.15) is 0 Å². The number of aromatic amines is 1. The lowest BCUT2D eigenvalue weighted by molar-refractivity contribution is -0.129. The van der Waals surface area contributed by atoms with Gasteiger partial charge in [-0.1, -0.05) is 47.7 Å². The zero-order valence-electron chi connectivity index (χ0n) is 17.2. The second-order valence-electron chi connectivity index (χ2n) is 7.80. The van der Waals surface area contributed by atoms with Crippen molar-refractivity contribution in [3.8, 4) is 11.1 Å². The van der Waals surface area contributed by atoms with Crippen LogP contribution in [0.1, 0.15) is 11.5 Å². The van der Waals surface area contributed by atoms with Crippen LogP contribution in [-0.2, 0) is 9.59 Å². The van der Waals surface area contributed by atoms with Crippen LogP contribution in [0.3, 0.4) is 0 Å². The number of rotatable bonds is 5. The Morgan fingerprint density at radius 1 is 1.16 bits per heavy atom. The number of benzene rings is 2. The molecule has 3 heterocycles. The molecule has 162 valence electrons. The minimum atomic E-state index is -0.374. The number of amides is 2. The van der Waals surface area contributed by atoms with E-state index in [1.54, 1.807) is 11.1 Å². The normalized spacial score (nSPS) is 18.2. The van der Waals surface area contributed by atoms with E-state index < -0.39 is 0 Å². The molecule has 4 aromatic rings. The quantitative estimate of drug-likeness (QED) is 0.436. The zero-order valence-corrected chi connectivity index (χ0v) is 18.0. The minimum Gasteiger partial charge on any atom is -0.340 e. The SMILES string of the molecule is NCC(=O)N1C[C@H](C(=O)Nc2nc3ccc(-c4cn[nH]c4)cc3s2)[C@@H](c2ccccc2)C1. The van der Waals surface area contributed by atoms with Gasteiger partial charge in [0.15, 0.2) is 5.13 Å². The number of likely N-dealkylation sites (tertiary alicyclic amines) is 1.